The van der Waals surface area contributed by atoms with Crippen molar-refractivity contribution in [3.8, 4) is 5.75 Å². The van der Waals surface area contributed by atoms with E-state index in [2.05, 4.69) is 9.71 Å². The maximum Gasteiger partial charge on any atom is 0.263 e. The summed E-state index contributed by atoms with van der Waals surface area (Å²) < 4.78 is 32.2. The highest BCUT2D eigenvalue weighted by atomic mass is 32.2. The molecule has 0 aliphatic carbocycles. The molecule has 0 saturated carbocycles. The zero-order valence-corrected chi connectivity index (χ0v) is 17.7. The molecule has 1 atom stereocenters. The van der Waals surface area contributed by atoms with Gasteiger partial charge in [0.05, 0.1) is 18.0 Å². The van der Waals surface area contributed by atoms with E-state index in [0.717, 1.165) is 37.0 Å². The fourth-order valence-electron chi connectivity index (χ4n) is 4.07. The molecule has 0 radical (unpaired) electrons. The van der Waals surface area contributed by atoms with Crippen LogP contribution in [0.25, 0.3) is 0 Å². The zero-order chi connectivity index (χ0) is 21.1. The first-order chi connectivity index (χ1) is 14.5. The normalized spacial score (nSPS) is 21.6. The van der Waals surface area contributed by atoms with E-state index in [9.17, 15) is 13.2 Å². The molecule has 158 valence electrons. The number of rotatable bonds is 4. The molecule has 2 heterocycles. The van der Waals surface area contributed by atoms with Gasteiger partial charge in [0.15, 0.2) is 0 Å². The Morgan fingerprint density at radius 3 is 2.67 bits per heavy atom. The predicted octanol–water partition coefficient (Wildman–Crippen LogP) is 2.88. The summed E-state index contributed by atoms with van der Waals surface area (Å²) in [6, 6.07) is 14.5. The lowest BCUT2D eigenvalue weighted by Gasteiger charge is -2.30. The number of ether oxygens (including phenoxy) is 1. The van der Waals surface area contributed by atoms with E-state index in [1.807, 2.05) is 29.2 Å². The number of carbonyl (C=O) groups excluding carboxylic acids is 1. The molecular weight excluding hydrogens is 402 g/mol. The van der Waals surface area contributed by atoms with Gasteiger partial charge in [-0.05, 0) is 42.7 Å². The summed E-state index contributed by atoms with van der Waals surface area (Å²) >= 11 is 0. The third kappa shape index (κ3) is 4.05. The molecule has 0 bridgehead atoms. The number of carbonyl (C=O) groups is 1. The average molecular weight is 428 g/mol. The number of amides is 1. The van der Waals surface area contributed by atoms with Crippen molar-refractivity contribution >= 4 is 21.8 Å². The number of hydrogen-bond acceptors (Lipinski definition) is 5. The van der Waals surface area contributed by atoms with Crippen molar-refractivity contribution in [1.29, 1.82) is 0 Å². The molecule has 0 aromatic heterocycles. The molecule has 1 fully saturated rings. The third-order valence-corrected chi connectivity index (χ3v) is 7.01. The summed E-state index contributed by atoms with van der Waals surface area (Å²) in [5.41, 5.74) is 1.58. The van der Waals surface area contributed by atoms with Crippen molar-refractivity contribution in [2.45, 2.75) is 36.6 Å². The maximum atomic E-state index is 13.1. The van der Waals surface area contributed by atoms with Gasteiger partial charge in [0.25, 0.3) is 10.0 Å². The topological polar surface area (TPSA) is 88.1 Å². The Labute approximate surface area is 176 Å². The smallest absolute Gasteiger partial charge is 0.263 e. The summed E-state index contributed by atoms with van der Waals surface area (Å²) in [5.74, 6) is 0.910. The van der Waals surface area contributed by atoms with Gasteiger partial charge in [-0.25, -0.2) is 8.42 Å². The monoisotopic (exact) mass is 427 g/mol. The van der Waals surface area contributed by atoms with E-state index in [1.165, 1.54) is 6.07 Å². The molecule has 1 saturated heterocycles. The number of nitrogens with zero attached hydrogens (tertiary/aromatic N) is 2. The number of nitrogens with one attached hydrogen (secondary N) is 1. The zero-order valence-electron chi connectivity index (χ0n) is 16.9. The van der Waals surface area contributed by atoms with E-state index < -0.39 is 10.0 Å². The Morgan fingerprint density at radius 1 is 1.13 bits per heavy atom. The van der Waals surface area contributed by atoms with E-state index in [-0.39, 0.29) is 29.2 Å². The largest absolute Gasteiger partial charge is 0.497 e. The molecule has 2 aliphatic rings. The van der Waals surface area contributed by atoms with Crippen molar-refractivity contribution in [2.24, 2.45) is 4.99 Å². The van der Waals surface area contributed by atoms with Gasteiger partial charge in [-0.1, -0.05) is 37.1 Å². The van der Waals surface area contributed by atoms with Crippen molar-refractivity contribution < 1.29 is 17.9 Å². The van der Waals surface area contributed by atoms with Gasteiger partial charge in [0.1, 0.15) is 18.1 Å². The highest BCUT2D eigenvalue weighted by Gasteiger charge is 2.31. The molecule has 0 unspecified atom stereocenters. The molecule has 8 heteroatoms. The van der Waals surface area contributed by atoms with Crippen LogP contribution in [-0.4, -0.2) is 45.3 Å². The minimum Gasteiger partial charge on any atom is -0.497 e. The number of likely N-dealkylation sites (tertiary alicyclic amines) is 1. The second-order valence-electron chi connectivity index (χ2n) is 7.49. The summed E-state index contributed by atoms with van der Waals surface area (Å²) in [6.07, 6.45) is 3.98. The molecule has 30 heavy (non-hydrogen) atoms. The van der Waals surface area contributed by atoms with Crippen LogP contribution in [0.1, 0.15) is 42.9 Å². The van der Waals surface area contributed by atoms with Crippen LogP contribution in [0.3, 0.4) is 0 Å². The van der Waals surface area contributed by atoms with Gasteiger partial charge in [-0.3, -0.25) is 14.5 Å². The number of fused-ring (bicyclic) bond motifs is 1. The fourth-order valence-corrected chi connectivity index (χ4v) is 5.32. The van der Waals surface area contributed by atoms with E-state index in [0.29, 0.717) is 12.1 Å². The Kier molecular flexibility index (Phi) is 5.76. The van der Waals surface area contributed by atoms with Crippen LogP contribution in [0, 0.1) is 0 Å². The van der Waals surface area contributed by atoms with Gasteiger partial charge in [-0.15, -0.1) is 0 Å². The highest BCUT2D eigenvalue weighted by Crippen LogP contribution is 2.31. The predicted molar refractivity (Wildman–Crippen MR) is 114 cm³/mol. The van der Waals surface area contributed by atoms with Crippen LogP contribution >= 0.6 is 0 Å². The second kappa shape index (κ2) is 8.47. The van der Waals surface area contributed by atoms with Crippen molar-refractivity contribution in [3.05, 3.63) is 59.7 Å². The lowest BCUT2D eigenvalue weighted by Crippen LogP contribution is -2.37. The first-order valence-electron chi connectivity index (χ1n) is 10.1. The van der Waals surface area contributed by atoms with E-state index in [1.54, 1.807) is 25.3 Å². The Morgan fingerprint density at radius 2 is 1.90 bits per heavy atom. The number of amidine groups is 1. The minimum absolute atomic E-state index is 0.0151. The summed E-state index contributed by atoms with van der Waals surface area (Å²) in [5, 5.41) is 0. The quantitative estimate of drug-likeness (QED) is 0.813. The van der Waals surface area contributed by atoms with Crippen LogP contribution in [0.2, 0.25) is 0 Å². The van der Waals surface area contributed by atoms with Crippen LogP contribution < -0.4 is 9.46 Å². The van der Waals surface area contributed by atoms with Crippen molar-refractivity contribution in [2.75, 3.05) is 20.2 Å². The van der Waals surface area contributed by atoms with Gasteiger partial charge in [0.2, 0.25) is 5.91 Å². The lowest BCUT2D eigenvalue weighted by atomic mass is 10.0. The molecule has 2 aromatic rings. The molecule has 2 aromatic carbocycles. The lowest BCUT2D eigenvalue weighted by molar-refractivity contribution is -0.132. The van der Waals surface area contributed by atoms with Gasteiger partial charge in [-0.2, -0.15) is 0 Å². The summed E-state index contributed by atoms with van der Waals surface area (Å²) in [4.78, 5) is 19.5. The number of benzene rings is 2. The molecule has 1 amide bonds. The van der Waals surface area contributed by atoms with Crippen LogP contribution in [0.15, 0.2) is 58.4 Å². The number of aliphatic imine (C=N–C) groups is 1. The molecule has 1 N–H and O–H groups in total. The SMILES string of the molecule is COc1ccc([C@H]2CCCCCN2C(=O)CN=C2NS(=O)(=O)c3ccccc32)cc1. The highest BCUT2D eigenvalue weighted by molar-refractivity contribution is 7.90. The minimum atomic E-state index is -3.61. The van der Waals surface area contributed by atoms with Crippen LogP contribution in [0.4, 0.5) is 0 Å². The third-order valence-electron chi connectivity index (χ3n) is 5.61. The standard InChI is InChI=1S/C22H25N3O4S/c1-29-17-12-10-16(11-13-17)19-8-3-2-6-14-25(19)21(26)15-23-22-18-7-4-5-9-20(18)30(27,28)24-22/h4-5,7,9-13,19H,2-3,6,8,14-15H2,1H3,(H,23,24)/t19-/m1/s1. The Hall–Kier alpha value is -2.87. The van der Waals surface area contributed by atoms with Crippen LogP contribution in [0.5, 0.6) is 5.75 Å². The summed E-state index contributed by atoms with van der Waals surface area (Å²) in [6.45, 7) is 0.571. The number of methoxy groups -OCH3 is 1. The first-order valence-corrected chi connectivity index (χ1v) is 11.6. The Bertz CT molecular complexity index is 1060. The van der Waals surface area contributed by atoms with Gasteiger partial charge in [0, 0.05) is 12.1 Å². The second-order valence-corrected chi connectivity index (χ2v) is 9.14. The van der Waals surface area contributed by atoms with Gasteiger partial charge < -0.3 is 9.64 Å². The first kappa shape index (κ1) is 20.4. The number of hydrogen-bond donors (Lipinski definition) is 1. The molecule has 7 nitrogen and oxygen atoms in total. The van der Waals surface area contributed by atoms with Crippen LogP contribution in [-0.2, 0) is 14.8 Å². The molecule has 4 rings (SSSR count). The van der Waals surface area contributed by atoms with Crippen molar-refractivity contribution in [3.63, 3.8) is 0 Å². The molecular formula is C22H25N3O4S. The average Bonchev–Trinajstić information content (AvgIpc) is 2.91. The molecule has 2 aliphatic heterocycles. The number of sulfonamides is 1. The molecule has 0 spiro atoms. The fraction of sp³-hybridized carbons (Fsp3) is 0.364. The van der Waals surface area contributed by atoms with Gasteiger partial charge >= 0.3 is 0 Å². The van der Waals surface area contributed by atoms with E-state index in [4.69, 9.17) is 4.74 Å². The van der Waals surface area contributed by atoms with E-state index >= 15 is 0 Å². The maximum absolute atomic E-state index is 13.1. The van der Waals surface area contributed by atoms with Crippen molar-refractivity contribution in [1.82, 2.24) is 9.62 Å². The Balaban J connectivity index is 1.55. The summed E-state index contributed by atoms with van der Waals surface area (Å²) in [7, 11) is -1.98.